The van der Waals surface area contributed by atoms with Crippen molar-refractivity contribution in [3.8, 4) is 0 Å². The van der Waals surface area contributed by atoms with E-state index in [2.05, 4.69) is 17.3 Å². The molecule has 2 aromatic rings. The van der Waals surface area contributed by atoms with Crippen molar-refractivity contribution in [3.05, 3.63) is 23.4 Å². The second-order valence-corrected chi connectivity index (χ2v) is 4.93. The van der Waals surface area contributed by atoms with Crippen LogP contribution in [0.25, 0.3) is 10.2 Å². The molecule has 0 bridgehead atoms. The standard InChI is InChI=1S/C8H6ClNS2.2C2H6/c1-11-8-3-6-7(12-8)2-5(9)4-10-6;2*1-2/h2-4H,1H3;2*1-2H3. The number of thiophene rings is 1. The zero-order valence-electron chi connectivity index (χ0n) is 10.4. The summed E-state index contributed by atoms with van der Waals surface area (Å²) in [4.78, 5) is 4.21. The van der Waals surface area contributed by atoms with E-state index < -0.39 is 0 Å². The van der Waals surface area contributed by atoms with Crippen molar-refractivity contribution in [2.45, 2.75) is 31.9 Å². The zero-order valence-corrected chi connectivity index (χ0v) is 12.8. The van der Waals surface area contributed by atoms with E-state index in [9.17, 15) is 0 Å². The van der Waals surface area contributed by atoms with Gasteiger partial charge in [0.25, 0.3) is 0 Å². The lowest BCUT2D eigenvalue weighted by Crippen LogP contribution is -1.69. The average molecular weight is 276 g/mol. The molecule has 0 unspecified atom stereocenters. The van der Waals surface area contributed by atoms with Crippen LogP contribution in [0.3, 0.4) is 0 Å². The number of thioether (sulfide) groups is 1. The monoisotopic (exact) mass is 275 g/mol. The van der Waals surface area contributed by atoms with Crippen LogP contribution in [0.2, 0.25) is 5.02 Å². The average Bonchev–Trinajstić information content (AvgIpc) is 2.76. The molecule has 0 saturated carbocycles. The zero-order chi connectivity index (χ0) is 12.6. The molecule has 0 aliphatic carbocycles. The van der Waals surface area contributed by atoms with Crippen LogP contribution < -0.4 is 0 Å². The van der Waals surface area contributed by atoms with Crippen LogP contribution in [0.1, 0.15) is 27.7 Å². The number of aromatic nitrogens is 1. The van der Waals surface area contributed by atoms with Crippen molar-refractivity contribution in [3.63, 3.8) is 0 Å². The molecule has 90 valence electrons. The van der Waals surface area contributed by atoms with Gasteiger partial charge in [0.05, 0.1) is 19.4 Å². The van der Waals surface area contributed by atoms with Crippen molar-refractivity contribution in [1.29, 1.82) is 0 Å². The van der Waals surface area contributed by atoms with Crippen LogP contribution in [0.15, 0.2) is 22.5 Å². The van der Waals surface area contributed by atoms with Crippen molar-refractivity contribution < 1.29 is 0 Å². The summed E-state index contributed by atoms with van der Waals surface area (Å²) in [5.74, 6) is 0. The van der Waals surface area contributed by atoms with E-state index in [0.29, 0.717) is 5.02 Å². The minimum Gasteiger partial charge on any atom is -0.254 e. The minimum atomic E-state index is 0.706. The first-order valence-corrected chi connectivity index (χ1v) is 7.80. The van der Waals surface area contributed by atoms with Crippen LogP contribution >= 0.6 is 34.7 Å². The van der Waals surface area contributed by atoms with Gasteiger partial charge in [-0.05, 0) is 18.4 Å². The Morgan fingerprint density at radius 1 is 1.19 bits per heavy atom. The number of hydrogen-bond donors (Lipinski definition) is 0. The number of nitrogens with zero attached hydrogens (tertiary/aromatic N) is 1. The molecule has 0 atom stereocenters. The summed E-state index contributed by atoms with van der Waals surface area (Å²) in [6, 6.07) is 4.04. The van der Waals surface area contributed by atoms with E-state index in [4.69, 9.17) is 11.6 Å². The second kappa shape index (κ2) is 8.85. The van der Waals surface area contributed by atoms with Gasteiger partial charge in [-0.25, -0.2) is 0 Å². The Morgan fingerprint density at radius 2 is 1.81 bits per heavy atom. The summed E-state index contributed by atoms with van der Waals surface area (Å²) in [5, 5.41) is 0.706. The highest BCUT2D eigenvalue weighted by molar-refractivity contribution is 8.00. The first-order valence-electron chi connectivity index (χ1n) is 5.38. The largest absolute Gasteiger partial charge is 0.254 e. The molecule has 16 heavy (non-hydrogen) atoms. The van der Waals surface area contributed by atoms with Gasteiger partial charge in [-0.2, -0.15) is 0 Å². The van der Waals surface area contributed by atoms with E-state index in [1.807, 2.05) is 33.8 Å². The van der Waals surface area contributed by atoms with E-state index in [1.165, 1.54) is 4.21 Å². The molecule has 0 amide bonds. The second-order valence-electron chi connectivity index (χ2n) is 2.31. The van der Waals surface area contributed by atoms with E-state index >= 15 is 0 Å². The normalized spacial score (nSPS) is 8.88. The Labute approximate surface area is 111 Å². The maximum atomic E-state index is 5.81. The molecule has 0 fully saturated rings. The lowest BCUT2D eigenvalue weighted by molar-refractivity contribution is 1.42. The molecular weight excluding hydrogens is 258 g/mol. The SMILES string of the molecule is CC.CC.CSc1cc2ncc(Cl)cc2s1. The smallest absolute Gasteiger partial charge is 0.0822 e. The molecule has 2 rings (SSSR count). The van der Waals surface area contributed by atoms with Gasteiger partial charge in [-0.3, -0.25) is 4.98 Å². The Balaban J connectivity index is 0.000000509. The maximum absolute atomic E-state index is 5.81. The maximum Gasteiger partial charge on any atom is 0.0822 e. The van der Waals surface area contributed by atoms with Crippen LogP contribution in [-0.4, -0.2) is 11.2 Å². The molecule has 0 N–H and O–H groups in total. The summed E-state index contributed by atoms with van der Waals surface area (Å²) in [6.45, 7) is 8.00. The number of rotatable bonds is 1. The van der Waals surface area contributed by atoms with Crippen molar-refractivity contribution >= 4 is 44.9 Å². The highest BCUT2D eigenvalue weighted by atomic mass is 35.5. The number of halogens is 1. The highest BCUT2D eigenvalue weighted by Gasteiger charge is 2.01. The van der Waals surface area contributed by atoms with Crippen molar-refractivity contribution in [2.24, 2.45) is 0 Å². The third-order valence-electron chi connectivity index (χ3n) is 1.51. The predicted octanol–water partition coefficient (Wildman–Crippen LogP) is 5.72. The van der Waals surface area contributed by atoms with Crippen LogP contribution in [0, 0.1) is 0 Å². The molecule has 0 radical (unpaired) electrons. The van der Waals surface area contributed by atoms with Gasteiger partial charge in [0, 0.05) is 6.20 Å². The highest BCUT2D eigenvalue weighted by Crippen LogP contribution is 2.31. The Bertz CT molecular complexity index is 412. The van der Waals surface area contributed by atoms with Gasteiger partial charge in [0.15, 0.2) is 0 Å². The molecule has 4 heteroatoms. The molecule has 0 aromatic carbocycles. The van der Waals surface area contributed by atoms with Crippen LogP contribution in [0.5, 0.6) is 0 Å². The van der Waals surface area contributed by atoms with Crippen LogP contribution in [0.4, 0.5) is 0 Å². The summed E-state index contributed by atoms with van der Waals surface area (Å²) < 4.78 is 2.44. The number of hydrogen-bond acceptors (Lipinski definition) is 3. The molecule has 0 spiro atoms. The summed E-state index contributed by atoms with van der Waals surface area (Å²) >= 11 is 9.27. The molecule has 2 aromatic heterocycles. The van der Waals surface area contributed by atoms with Crippen LogP contribution in [-0.2, 0) is 0 Å². The fourth-order valence-corrected chi connectivity index (χ4v) is 2.82. The molecule has 0 aliphatic heterocycles. The number of pyridine rings is 1. The lowest BCUT2D eigenvalue weighted by Gasteiger charge is -1.87. The Morgan fingerprint density at radius 3 is 2.38 bits per heavy atom. The van der Waals surface area contributed by atoms with E-state index in [0.717, 1.165) is 10.2 Å². The van der Waals surface area contributed by atoms with Gasteiger partial charge < -0.3 is 0 Å². The molecule has 1 nitrogen and oxygen atoms in total. The third kappa shape index (κ3) is 4.32. The Hall–Kier alpha value is -0.250. The minimum absolute atomic E-state index is 0.706. The quantitative estimate of drug-likeness (QED) is 0.617. The fraction of sp³-hybridized carbons (Fsp3) is 0.417. The van der Waals surface area contributed by atoms with E-state index in [1.54, 1.807) is 29.3 Å². The van der Waals surface area contributed by atoms with Gasteiger partial charge in [0.2, 0.25) is 0 Å². The van der Waals surface area contributed by atoms with Gasteiger partial charge >= 0.3 is 0 Å². The van der Waals surface area contributed by atoms with Crippen molar-refractivity contribution in [1.82, 2.24) is 4.98 Å². The van der Waals surface area contributed by atoms with Gasteiger partial charge in [-0.15, -0.1) is 23.1 Å². The first-order chi connectivity index (χ1) is 7.79. The first kappa shape index (κ1) is 15.8. The van der Waals surface area contributed by atoms with Gasteiger partial charge in [-0.1, -0.05) is 39.3 Å². The summed E-state index contributed by atoms with van der Waals surface area (Å²) in [7, 11) is 0. The van der Waals surface area contributed by atoms with E-state index in [-0.39, 0.29) is 0 Å². The summed E-state index contributed by atoms with van der Waals surface area (Å²) in [6.07, 6.45) is 3.74. The topological polar surface area (TPSA) is 12.9 Å². The number of fused-ring (bicyclic) bond motifs is 1. The Kier molecular flexibility index (Phi) is 8.71. The third-order valence-corrected chi connectivity index (χ3v) is 3.86. The fourth-order valence-electron chi connectivity index (χ4n) is 0.971. The summed E-state index contributed by atoms with van der Waals surface area (Å²) in [5.41, 5.74) is 1.04. The lowest BCUT2D eigenvalue weighted by atomic mass is 10.4. The molecular formula is C12H18ClNS2. The molecule has 0 aliphatic rings. The molecule has 0 saturated heterocycles. The van der Waals surface area contributed by atoms with Crippen molar-refractivity contribution in [2.75, 3.05) is 6.26 Å². The molecule has 2 heterocycles. The van der Waals surface area contributed by atoms with Gasteiger partial charge in [0.1, 0.15) is 0 Å². The predicted molar refractivity (Wildman–Crippen MR) is 79.1 cm³/mol.